The van der Waals surface area contributed by atoms with Crippen LogP contribution in [0, 0.1) is 0 Å². The van der Waals surface area contributed by atoms with Gasteiger partial charge in [-0.15, -0.1) is 0 Å². The predicted molar refractivity (Wildman–Crippen MR) is 59.5 cm³/mol. The summed E-state index contributed by atoms with van der Waals surface area (Å²) >= 11 is 0. The quantitative estimate of drug-likeness (QED) is 0.614. The minimum atomic E-state index is 0.681. The van der Waals surface area contributed by atoms with Gasteiger partial charge in [0.15, 0.2) is 0 Å². The molecule has 1 heterocycles. The molecule has 2 aliphatic rings. The van der Waals surface area contributed by atoms with Gasteiger partial charge in [-0.2, -0.15) is 0 Å². The maximum atomic E-state index is 5.82. The molecule has 2 heteroatoms. The van der Waals surface area contributed by atoms with Gasteiger partial charge in [0.05, 0.1) is 0 Å². The van der Waals surface area contributed by atoms with E-state index in [9.17, 15) is 0 Å². The number of fused-ring (bicyclic) bond motifs is 3. The molecule has 2 atom stereocenters. The van der Waals surface area contributed by atoms with Crippen molar-refractivity contribution in [2.45, 2.75) is 37.6 Å². The van der Waals surface area contributed by atoms with Crippen LogP contribution in [0.2, 0.25) is 0 Å². The van der Waals surface area contributed by atoms with E-state index in [-0.39, 0.29) is 0 Å². The number of nitrogens with two attached hydrogens (primary N) is 1. The Morgan fingerprint density at radius 3 is 3.00 bits per heavy atom. The Morgan fingerprint density at radius 1 is 1.21 bits per heavy atom. The minimum Gasteiger partial charge on any atom is -0.399 e. The Labute approximate surface area is 84.5 Å². The van der Waals surface area contributed by atoms with E-state index in [0.29, 0.717) is 6.04 Å². The van der Waals surface area contributed by atoms with Crippen LogP contribution in [0.25, 0.3) is 0 Å². The molecule has 0 spiro atoms. The number of anilines is 2. The van der Waals surface area contributed by atoms with E-state index in [1.807, 2.05) is 6.07 Å². The lowest BCUT2D eigenvalue weighted by molar-refractivity contribution is 0.422. The highest BCUT2D eigenvalue weighted by Gasteiger charge is 2.33. The molecule has 1 fully saturated rings. The number of hydrogen-bond donors (Lipinski definition) is 2. The summed E-state index contributed by atoms with van der Waals surface area (Å²) in [6.07, 6.45) is 5.39. The maximum absolute atomic E-state index is 5.82. The lowest BCUT2D eigenvalue weighted by atomic mass is 9.83. The SMILES string of the molecule is Nc1ccc2c(c1)[C@@H]1CCCC[C@@H]1N2. The summed E-state index contributed by atoms with van der Waals surface area (Å²) in [5.74, 6) is 0.724. The van der Waals surface area contributed by atoms with Crippen LogP contribution in [0.15, 0.2) is 18.2 Å². The molecule has 0 saturated heterocycles. The molecule has 1 aliphatic carbocycles. The molecule has 0 radical (unpaired) electrons. The van der Waals surface area contributed by atoms with E-state index < -0.39 is 0 Å². The van der Waals surface area contributed by atoms with Crippen molar-refractivity contribution in [1.82, 2.24) is 0 Å². The first-order valence-corrected chi connectivity index (χ1v) is 5.50. The average Bonchev–Trinajstić information content (AvgIpc) is 2.56. The summed E-state index contributed by atoms with van der Waals surface area (Å²) in [4.78, 5) is 0. The van der Waals surface area contributed by atoms with Crippen LogP contribution in [-0.4, -0.2) is 6.04 Å². The van der Waals surface area contributed by atoms with Gasteiger partial charge in [0.1, 0.15) is 0 Å². The first-order valence-electron chi connectivity index (χ1n) is 5.50. The molecule has 1 saturated carbocycles. The fraction of sp³-hybridized carbons (Fsp3) is 0.500. The number of nitrogen functional groups attached to an aromatic ring is 1. The lowest BCUT2D eigenvalue weighted by Crippen LogP contribution is -2.23. The van der Waals surface area contributed by atoms with Crippen molar-refractivity contribution in [3.8, 4) is 0 Å². The molecule has 0 unspecified atom stereocenters. The molecule has 74 valence electrons. The Hall–Kier alpha value is -1.18. The maximum Gasteiger partial charge on any atom is 0.0380 e. The zero-order chi connectivity index (χ0) is 9.54. The Balaban J connectivity index is 2.02. The highest BCUT2D eigenvalue weighted by Crippen LogP contribution is 2.44. The Morgan fingerprint density at radius 2 is 2.07 bits per heavy atom. The van der Waals surface area contributed by atoms with Crippen molar-refractivity contribution >= 4 is 11.4 Å². The van der Waals surface area contributed by atoms with Crippen LogP contribution < -0.4 is 11.1 Å². The summed E-state index contributed by atoms with van der Waals surface area (Å²) in [6.45, 7) is 0. The smallest absolute Gasteiger partial charge is 0.0380 e. The molecule has 0 bridgehead atoms. The Kier molecular flexibility index (Phi) is 1.69. The number of benzene rings is 1. The van der Waals surface area contributed by atoms with Crippen LogP contribution in [0.3, 0.4) is 0 Å². The summed E-state index contributed by atoms with van der Waals surface area (Å²) in [7, 11) is 0. The Bertz CT molecular complexity index is 359. The van der Waals surface area contributed by atoms with E-state index in [1.54, 1.807) is 0 Å². The van der Waals surface area contributed by atoms with Crippen molar-refractivity contribution in [3.05, 3.63) is 23.8 Å². The summed E-state index contributed by atoms with van der Waals surface area (Å²) < 4.78 is 0. The number of nitrogens with one attached hydrogen (secondary N) is 1. The summed E-state index contributed by atoms with van der Waals surface area (Å²) in [5.41, 5.74) is 9.49. The van der Waals surface area contributed by atoms with Crippen molar-refractivity contribution in [3.63, 3.8) is 0 Å². The van der Waals surface area contributed by atoms with Gasteiger partial charge in [-0.05, 0) is 36.6 Å². The van der Waals surface area contributed by atoms with Gasteiger partial charge < -0.3 is 11.1 Å². The zero-order valence-corrected chi connectivity index (χ0v) is 8.29. The molecule has 2 nitrogen and oxygen atoms in total. The topological polar surface area (TPSA) is 38.0 Å². The van der Waals surface area contributed by atoms with Crippen LogP contribution >= 0.6 is 0 Å². The van der Waals surface area contributed by atoms with Gasteiger partial charge in [-0.25, -0.2) is 0 Å². The second-order valence-electron chi connectivity index (χ2n) is 4.49. The van der Waals surface area contributed by atoms with Gasteiger partial charge in [0.25, 0.3) is 0 Å². The van der Waals surface area contributed by atoms with Gasteiger partial charge in [-0.3, -0.25) is 0 Å². The van der Waals surface area contributed by atoms with E-state index in [2.05, 4.69) is 17.4 Å². The largest absolute Gasteiger partial charge is 0.399 e. The molecule has 1 aromatic rings. The molecule has 3 rings (SSSR count). The van der Waals surface area contributed by atoms with Crippen LogP contribution in [-0.2, 0) is 0 Å². The molecule has 0 amide bonds. The number of rotatable bonds is 0. The molecule has 1 aromatic carbocycles. The highest BCUT2D eigenvalue weighted by molar-refractivity contribution is 5.64. The third-order valence-electron chi connectivity index (χ3n) is 3.58. The molecular formula is C12H16N2. The third kappa shape index (κ3) is 1.10. The standard InChI is InChI=1S/C12H16N2/c13-8-5-6-12-10(7-8)9-3-1-2-4-11(9)14-12/h5-7,9,11,14H,1-4,13H2/t9-,11-/m0/s1. The van der Waals surface area contributed by atoms with E-state index in [4.69, 9.17) is 5.73 Å². The average molecular weight is 188 g/mol. The summed E-state index contributed by atoms with van der Waals surface area (Å²) in [6, 6.07) is 6.95. The fourth-order valence-corrected chi connectivity index (χ4v) is 2.90. The first kappa shape index (κ1) is 8.16. The molecule has 1 aliphatic heterocycles. The zero-order valence-electron chi connectivity index (χ0n) is 8.29. The van der Waals surface area contributed by atoms with Crippen LogP contribution in [0.4, 0.5) is 11.4 Å². The molecule has 14 heavy (non-hydrogen) atoms. The molecular weight excluding hydrogens is 172 g/mol. The molecule has 0 aromatic heterocycles. The normalized spacial score (nSPS) is 29.1. The van der Waals surface area contributed by atoms with Crippen LogP contribution in [0.5, 0.6) is 0 Å². The van der Waals surface area contributed by atoms with E-state index in [0.717, 1.165) is 11.6 Å². The minimum absolute atomic E-state index is 0.681. The number of hydrogen-bond acceptors (Lipinski definition) is 2. The van der Waals surface area contributed by atoms with Crippen molar-refractivity contribution in [2.75, 3.05) is 11.1 Å². The van der Waals surface area contributed by atoms with Crippen molar-refractivity contribution in [1.29, 1.82) is 0 Å². The highest BCUT2D eigenvalue weighted by atomic mass is 15.0. The molecule has 3 N–H and O–H groups in total. The van der Waals surface area contributed by atoms with Gasteiger partial charge in [-0.1, -0.05) is 12.8 Å². The lowest BCUT2D eigenvalue weighted by Gasteiger charge is -2.25. The van der Waals surface area contributed by atoms with E-state index >= 15 is 0 Å². The van der Waals surface area contributed by atoms with Gasteiger partial charge in [0, 0.05) is 23.3 Å². The van der Waals surface area contributed by atoms with Gasteiger partial charge >= 0.3 is 0 Å². The second-order valence-corrected chi connectivity index (χ2v) is 4.49. The second kappa shape index (κ2) is 2.91. The van der Waals surface area contributed by atoms with Gasteiger partial charge in [0.2, 0.25) is 0 Å². The third-order valence-corrected chi connectivity index (χ3v) is 3.58. The monoisotopic (exact) mass is 188 g/mol. The van der Waals surface area contributed by atoms with E-state index in [1.165, 1.54) is 36.9 Å². The first-order chi connectivity index (χ1) is 6.84. The van der Waals surface area contributed by atoms with Crippen molar-refractivity contribution < 1.29 is 0 Å². The van der Waals surface area contributed by atoms with Crippen LogP contribution in [0.1, 0.15) is 37.2 Å². The summed E-state index contributed by atoms with van der Waals surface area (Å²) in [5, 5.41) is 3.61. The van der Waals surface area contributed by atoms with Crippen molar-refractivity contribution in [2.24, 2.45) is 0 Å². The fourth-order valence-electron chi connectivity index (χ4n) is 2.90. The predicted octanol–water partition coefficient (Wildman–Crippen LogP) is 2.72.